The Balaban J connectivity index is 0.000000268. The highest BCUT2D eigenvalue weighted by atomic mass is 19.2. The summed E-state index contributed by atoms with van der Waals surface area (Å²) >= 11 is 0. The molecule has 1 heterocycles. The maximum absolute atomic E-state index is 15.4. The van der Waals surface area contributed by atoms with E-state index in [2.05, 4.69) is 0 Å². The van der Waals surface area contributed by atoms with E-state index in [0.29, 0.717) is 11.1 Å². The summed E-state index contributed by atoms with van der Waals surface area (Å²) in [6.45, 7) is 5.71. The van der Waals surface area contributed by atoms with Crippen molar-refractivity contribution in [3.63, 3.8) is 0 Å². The fourth-order valence-electron chi connectivity index (χ4n) is 7.61. The van der Waals surface area contributed by atoms with Crippen molar-refractivity contribution in [1.82, 2.24) is 0 Å². The van der Waals surface area contributed by atoms with Crippen LogP contribution in [0.4, 0.5) is 87.8 Å². The maximum atomic E-state index is 15.4. The van der Waals surface area contributed by atoms with Crippen LogP contribution in [-0.2, 0) is 11.3 Å². The number of carbonyl (C=O) groups excluding carboxylic acids is 2. The fraction of sp³-hybridized carbons (Fsp3) is 0.109. The molecular weight excluding hydrogens is 1010 g/mol. The molecule has 0 saturated carbocycles. The van der Waals surface area contributed by atoms with E-state index < -0.39 is 150 Å². The molecule has 0 N–H and O–H groups in total. The zero-order valence-corrected chi connectivity index (χ0v) is 35.4. The summed E-state index contributed by atoms with van der Waals surface area (Å²) in [6.07, 6.45) is -5.32. The van der Waals surface area contributed by atoms with E-state index in [1.54, 1.807) is 24.3 Å². The molecule has 0 unspecified atom stereocenters. The van der Waals surface area contributed by atoms with Gasteiger partial charge in [-0.1, -0.05) is 24.3 Å². The number of rotatable bonds is 8. The molecule has 0 radical (unpaired) electrons. The Kier molecular flexibility index (Phi) is 14.4. The molecular formula is C46H22BF20NO3. The highest BCUT2D eigenvalue weighted by Gasteiger charge is 2.52. The molecule has 0 bridgehead atoms. The zero-order valence-electron chi connectivity index (χ0n) is 35.4. The number of para-hydroxylation sites is 1. The third-order valence-corrected chi connectivity index (χ3v) is 10.7. The molecule has 0 atom stereocenters. The first-order chi connectivity index (χ1) is 33.0. The number of Topliss-reactive ketones (excluding diaryl/α,β-unsaturated/α-hetero) is 1. The lowest BCUT2D eigenvalue weighted by Gasteiger charge is -2.44. The van der Waals surface area contributed by atoms with Gasteiger partial charge in [0.1, 0.15) is 58.3 Å². The summed E-state index contributed by atoms with van der Waals surface area (Å²) < 4.78 is 301. The third-order valence-electron chi connectivity index (χ3n) is 10.7. The Bertz CT molecular complexity index is 2960. The summed E-state index contributed by atoms with van der Waals surface area (Å²) in [5.74, 6) is -71.8. The van der Waals surface area contributed by atoms with Crippen molar-refractivity contribution < 1.29 is 107 Å². The first-order valence-corrected chi connectivity index (χ1v) is 19.5. The molecule has 0 amide bonds. The first-order valence-electron chi connectivity index (χ1n) is 19.5. The van der Waals surface area contributed by atoms with Gasteiger partial charge in [-0.05, 0) is 45.0 Å². The van der Waals surface area contributed by atoms with Crippen molar-refractivity contribution in [1.29, 1.82) is 0 Å². The van der Waals surface area contributed by atoms with Gasteiger partial charge in [-0.2, -0.15) is 4.57 Å². The average molecular weight is 1030 g/mol. The van der Waals surface area contributed by atoms with Gasteiger partial charge in [0.15, 0.2) is 76.0 Å². The van der Waals surface area contributed by atoms with E-state index >= 15 is 35.1 Å². The maximum Gasteiger partial charge on any atom is 0.338 e. The molecule has 6 aromatic carbocycles. The van der Waals surface area contributed by atoms with Gasteiger partial charge in [0.25, 0.3) is 0 Å². The normalized spacial score (nSPS) is 11.8. The fourth-order valence-corrected chi connectivity index (χ4v) is 7.61. The molecule has 0 saturated heterocycles. The number of hydrogen-bond acceptors (Lipinski definition) is 3. The summed E-state index contributed by atoms with van der Waals surface area (Å²) in [6, 6.07) is 18.5. The molecule has 0 spiro atoms. The van der Waals surface area contributed by atoms with Crippen molar-refractivity contribution in [3.8, 4) is 0 Å². The standard InChI is InChI=1S/C24BF20.C22H22NO3/c26-5-1(6(27)14(35)21(42)13(5)34)25(2-7(28)15(36)22(43)16(37)8(2)29,3-9(30)17(38)23(44)18(39)10(3)31)4-11(32)19(40)24(45)20(41)12(4)33;1-22(2,3)26-21(25)18-12-10-17(11-13-18)20(24)15-23-14-6-8-16-7-4-5-9-19(16)23/h;4-14H,15H2,1-3H3/q-1;+1. The molecule has 0 fully saturated rings. The summed E-state index contributed by atoms with van der Waals surface area (Å²) in [5, 5.41) is 1.09. The van der Waals surface area contributed by atoms with Crippen LogP contribution < -0.4 is 26.4 Å². The van der Waals surface area contributed by atoms with Crippen molar-refractivity contribution >= 4 is 50.7 Å². The molecule has 1 aromatic heterocycles. The highest BCUT2D eigenvalue weighted by molar-refractivity contribution is 7.20. The Morgan fingerprint density at radius 3 is 1.01 bits per heavy atom. The zero-order chi connectivity index (χ0) is 53.1. The van der Waals surface area contributed by atoms with Crippen LogP contribution in [0.5, 0.6) is 0 Å². The van der Waals surface area contributed by atoms with Crippen LogP contribution in [0.2, 0.25) is 0 Å². The Hall–Kier alpha value is -7.47. The molecule has 7 rings (SSSR count). The lowest BCUT2D eigenvalue weighted by Crippen LogP contribution is -2.81. The summed E-state index contributed by atoms with van der Waals surface area (Å²) in [4.78, 5) is 24.7. The highest BCUT2D eigenvalue weighted by Crippen LogP contribution is 2.31. The second-order valence-corrected chi connectivity index (χ2v) is 16.0. The summed E-state index contributed by atoms with van der Waals surface area (Å²) in [7, 11) is 0. The van der Waals surface area contributed by atoms with Gasteiger partial charge in [0.05, 0.1) is 5.56 Å². The number of nitrogens with zero attached hydrogens (tertiary/aromatic N) is 1. The van der Waals surface area contributed by atoms with Crippen LogP contribution in [0.1, 0.15) is 41.5 Å². The second-order valence-electron chi connectivity index (χ2n) is 16.0. The molecule has 0 aliphatic rings. The van der Waals surface area contributed by atoms with Crippen molar-refractivity contribution in [2.24, 2.45) is 0 Å². The smallest absolute Gasteiger partial charge is 0.338 e. The predicted octanol–water partition coefficient (Wildman–Crippen LogP) is 9.81. The lowest BCUT2D eigenvalue weighted by molar-refractivity contribution is -0.657. The minimum absolute atomic E-state index is 0.0120. The van der Waals surface area contributed by atoms with Crippen molar-refractivity contribution in [3.05, 3.63) is 194 Å². The van der Waals surface area contributed by atoms with Gasteiger partial charge < -0.3 is 4.74 Å². The molecule has 71 heavy (non-hydrogen) atoms. The Morgan fingerprint density at radius 1 is 0.408 bits per heavy atom. The number of ether oxygens (including phenoxy) is 1. The van der Waals surface area contributed by atoms with Gasteiger partial charge in [-0.15, -0.1) is 21.9 Å². The quantitative estimate of drug-likeness (QED) is 0.0290. The lowest BCUT2D eigenvalue weighted by atomic mass is 9.12. The predicted molar refractivity (Wildman–Crippen MR) is 209 cm³/mol. The minimum atomic E-state index is -7.22. The minimum Gasteiger partial charge on any atom is -0.456 e. The molecule has 25 heteroatoms. The topological polar surface area (TPSA) is 47.3 Å². The number of halogens is 20. The van der Waals surface area contributed by atoms with Gasteiger partial charge in [-0.25, -0.2) is 92.6 Å². The number of aromatic nitrogens is 1. The van der Waals surface area contributed by atoms with E-state index in [-0.39, 0.29) is 18.3 Å². The number of pyridine rings is 1. The van der Waals surface area contributed by atoms with Gasteiger partial charge in [0, 0.05) is 23.1 Å². The average Bonchev–Trinajstić information content (AvgIpc) is 3.33. The first kappa shape index (κ1) is 52.9. The number of ketones is 1. The van der Waals surface area contributed by atoms with Crippen LogP contribution in [0.15, 0.2) is 66.9 Å². The number of hydrogen-bond donors (Lipinski definition) is 0. The van der Waals surface area contributed by atoms with Gasteiger partial charge >= 0.3 is 5.97 Å². The molecule has 4 nitrogen and oxygen atoms in total. The van der Waals surface area contributed by atoms with Gasteiger partial charge in [-0.3, -0.25) is 4.79 Å². The number of fused-ring (bicyclic) bond motifs is 1. The van der Waals surface area contributed by atoms with E-state index in [4.69, 9.17) is 4.74 Å². The van der Waals surface area contributed by atoms with E-state index in [1.165, 1.54) is 0 Å². The monoisotopic (exact) mass is 1030 g/mol. The van der Waals surface area contributed by atoms with Crippen molar-refractivity contribution in [2.45, 2.75) is 32.9 Å². The van der Waals surface area contributed by atoms with Crippen LogP contribution in [0.25, 0.3) is 10.9 Å². The van der Waals surface area contributed by atoms with E-state index in [1.807, 2.05) is 67.9 Å². The Labute approximate surface area is 384 Å². The second kappa shape index (κ2) is 19.4. The molecule has 372 valence electrons. The molecule has 0 aliphatic heterocycles. The van der Waals surface area contributed by atoms with E-state index in [0.717, 1.165) is 10.9 Å². The number of carbonyl (C=O) groups is 2. The van der Waals surface area contributed by atoms with Crippen LogP contribution in [-0.4, -0.2) is 23.5 Å². The van der Waals surface area contributed by atoms with Crippen LogP contribution in [0.3, 0.4) is 0 Å². The van der Waals surface area contributed by atoms with Gasteiger partial charge in [0.2, 0.25) is 17.8 Å². The van der Waals surface area contributed by atoms with Crippen LogP contribution in [0, 0.1) is 116 Å². The number of benzene rings is 6. The Morgan fingerprint density at radius 2 is 0.690 bits per heavy atom. The largest absolute Gasteiger partial charge is 0.456 e. The molecule has 0 aliphatic carbocycles. The van der Waals surface area contributed by atoms with E-state index in [9.17, 15) is 62.3 Å². The number of esters is 1. The molecule has 7 aromatic rings. The third kappa shape index (κ3) is 8.89. The van der Waals surface area contributed by atoms with Crippen LogP contribution >= 0.6 is 0 Å². The van der Waals surface area contributed by atoms with Crippen molar-refractivity contribution in [2.75, 3.05) is 0 Å². The summed E-state index contributed by atoms with van der Waals surface area (Å²) in [5.41, 5.74) is -12.9. The SMILES string of the molecule is CC(C)(C)OC(=O)c1ccc(C(=O)C[n+]2cccc3ccccc32)cc1.Fc1c(F)c(F)c([B-](c2c(F)c(F)c(F)c(F)c2F)(c2c(F)c(F)c(F)c(F)c2F)c2c(F)c(F)c(F)c(F)c2F)c(F)c1F.